The molecule has 1 fully saturated rings. The van der Waals surface area contributed by atoms with Crippen LogP contribution in [0.4, 0.5) is 0 Å². The Labute approximate surface area is 95.1 Å². The molecule has 4 heteroatoms. The van der Waals surface area contributed by atoms with Gasteiger partial charge in [0.05, 0.1) is 7.11 Å². The lowest BCUT2D eigenvalue weighted by Crippen LogP contribution is -2.14. The Balaban J connectivity index is 1.99. The summed E-state index contributed by atoms with van der Waals surface area (Å²) in [5.74, 6) is 0.762. The van der Waals surface area contributed by atoms with Crippen molar-refractivity contribution in [3.05, 3.63) is 18.0 Å². The van der Waals surface area contributed by atoms with E-state index in [0.717, 1.165) is 37.5 Å². The van der Waals surface area contributed by atoms with Crippen LogP contribution in [-0.2, 0) is 4.79 Å². The topological polar surface area (TPSA) is 52.1 Å². The summed E-state index contributed by atoms with van der Waals surface area (Å²) in [6, 6.07) is 0.408. The van der Waals surface area contributed by atoms with Crippen LogP contribution in [0.2, 0.25) is 0 Å². The monoisotopic (exact) mass is 220 g/mol. The molecular formula is C12H16N2O2. The maximum absolute atomic E-state index is 10.6. The van der Waals surface area contributed by atoms with Gasteiger partial charge >= 0.3 is 6.01 Å². The van der Waals surface area contributed by atoms with Gasteiger partial charge < -0.3 is 9.53 Å². The average molecular weight is 220 g/mol. The molecule has 0 unspecified atom stereocenters. The van der Waals surface area contributed by atoms with E-state index in [1.165, 1.54) is 0 Å². The Morgan fingerprint density at radius 1 is 1.25 bits per heavy atom. The normalized spacial score (nSPS) is 25.1. The van der Waals surface area contributed by atoms with Gasteiger partial charge in [0.2, 0.25) is 0 Å². The van der Waals surface area contributed by atoms with Crippen LogP contribution in [0.1, 0.15) is 37.2 Å². The minimum Gasteiger partial charge on any atom is -0.467 e. The molecule has 0 amide bonds. The summed E-state index contributed by atoms with van der Waals surface area (Å²) in [6.45, 7) is 0. The third kappa shape index (κ3) is 2.38. The highest BCUT2D eigenvalue weighted by molar-refractivity contribution is 5.53. The van der Waals surface area contributed by atoms with Gasteiger partial charge in [0, 0.05) is 18.3 Å². The van der Waals surface area contributed by atoms with E-state index < -0.39 is 0 Å². The minimum absolute atomic E-state index is 0.260. The van der Waals surface area contributed by atoms with E-state index in [1.54, 1.807) is 7.11 Å². The standard InChI is InChI=1S/C12H16N2O2/c1-16-12-13-6-11(7-14-12)10-4-2-9(8-15)3-5-10/h6-10H,2-5H2,1H3. The van der Waals surface area contributed by atoms with Crippen molar-refractivity contribution in [1.82, 2.24) is 9.97 Å². The van der Waals surface area contributed by atoms with Gasteiger partial charge in [-0.25, -0.2) is 9.97 Å². The molecule has 1 saturated carbocycles. The van der Waals surface area contributed by atoms with Gasteiger partial charge in [-0.2, -0.15) is 0 Å². The summed E-state index contributed by atoms with van der Waals surface area (Å²) in [4.78, 5) is 18.9. The lowest BCUT2D eigenvalue weighted by molar-refractivity contribution is -0.111. The first kappa shape index (κ1) is 11.0. The second-order valence-corrected chi connectivity index (χ2v) is 4.25. The molecule has 1 aromatic rings. The molecular weight excluding hydrogens is 204 g/mol. The van der Waals surface area contributed by atoms with Crippen LogP contribution in [0.5, 0.6) is 6.01 Å². The van der Waals surface area contributed by atoms with Crippen molar-refractivity contribution >= 4 is 6.29 Å². The molecule has 0 atom stereocenters. The van der Waals surface area contributed by atoms with Gasteiger partial charge in [-0.15, -0.1) is 0 Å². The first-order chi connectivity index (χ1) is 7.83. The van der Waals surface area contributed by atoms with Crippen molar-refractivity contribution in [2.75, 3.05) is 7.11 Å². The highest BCUT2D eigenvalue weighted by atomic mass is 16.5. The summed E-state index contributed by atoms with van der Waals surface area (Å²) in [6.07, 6.45) is 8.83. The molecule has 1 aliphatic carbocycles. The Morgan fingerprint density at radius 3 is 2.38 bits per heavy atom. The van der Waals surface area contributed by atoms with Crippen LogP contribution in [0.15, 0.2) is 12.4 Å². The molecule has 0 N–H and O–H groups in total. The number of carbonyl (C=O) groups is 1. The Bertz CT molecular complexity index is 343. The second-order valence-electron chi connectivity index (χ2n) is 4.25. The fourth-order valence-electron chi connectivity index (χ4n) is 2.23. The Morgan fingerprint density at radius 2 is 1.88 bits per heavy atom. The number of hydrogen-bond acceptors (Lipinski definition) is 4. The average Bonchev–Trinajstić information content (AvgIpc) is 2.39. The fraction of sp³-hybridized carbons (Fsp3) is 0.583. The zero-order valence-electron chi connectivity index (χ0n) is 9.43. The number of aldehydes is 1. The van der Waals surface area contributed by atoms with E-state index >= 15 is 0 Å². The van der Waals surface area contributed by atoms with E-state index in [4.69, 9.17) is 4.74 Å². The summed E-state index contributed by atoms with van der Waals surface area (Å²) >= 11 is 0. The predicted molar refractivity (Wildman–Crippen MR) is 59.3 cm³/mol. The first-order valence-corrected chi connectivity index (χ1v) is 5.64. The molecule has 1 aromatic heterocycles. The number of carbonyl (C=O) groups excluding carboxylic acids is 1. The number of aromatic nitrogens is 2. The minimum atomic E-state index is 0.260. The van der Waals surface area contributed by atoms with Gasteiger partial charge in [-0.05, 0) is 37.2 Å². The molecule has 2 rings (SSSR count). The molecule has 16 heavy (non-hydrogen) atoms. The number of nitrogens with zero attached hydrogens (tertiary/aromatic N) is 2. The van der Waals surface area contributed by atoms with E-state index in [9.17, 15) is 4.79 Å². The summed E-state index contributed by atoms with van der Waals surface area (Å²) in [5.41, 5.74) is 1.16. The van der Waals surface area contributed by atoms with Crippen molar-refractivity contribution in [2.45, 2.75) is 31.6 Å². The number of rotatable bonds is 3. The second kappa shape index (κ2) is 5.05. The number of hydrogen-bond donors (Lipinski definition) is 0. The maximum Gasteiger partial charge on any atom is 0.316 e. The van der Waals surface area contributed by atoms with Gasteiger partial charge in [0.15, 0.2) is 0 Å². The molecule has 0 spiro atoms. The van der Waals surface area contributed by atoms with Crippen LogP contribution in [0.3, 0.4) is 0 Å². The lowest BCUT2D eigenvalue weighted by Gasteiger charge is -2.25. The zero-order chi connectivity index (χ0) is 11.4. The van der Waals surface area contributed by atoms with Crippen LogP contribution >= 0.6 is 0 Å². The quantitative estimate of drug-likeness (QED) is 0.731. The maximum atomic E-state index is 10.6. The van der Waals surface area contributed by atoms with Crippen molar-refractivity contribution in [3.63, 3.8) is 0 Å². The molecule has 0 saturated heterocycles. The summed E-state index contributed by atoms with van der Waals surface area (Å²) < 4.78 is 4.92. The molecule has 0 radical (unpaired) electrons. The first-order valence-electron chi connectivity index (χ1n) is 5.64. The van der Waals surface area contributed by atoms with E-state index in [-0.39, 0.29) is 5.92 Å². The van der Waals surface area contributed by atoms with Gasteiger partial charge in [0.25, 0.3) is 0 Å². The van der Waals surface area contributed by atoms with E-state index in [1.807, 2.05) is 12.4 Å². The van der Waals surface area contributed by atoms with Crippen LogP contribution in [0.25, 0.3) is 0 Å². The van der Waals surface area contributed by atoms with E-state index in [0.29, 0.717) is 11.9 Å². The van der Waals surface area contributed by atoms with Crippen LogP contribution in [0, 0.1) is 5.92 Å². The predicted octanol–water partition coefficient (Wildman–Crippen LogP) is 1.96. The number of ether oxygens (including phenoxy) is 1. The molecule has 4 nitrogen and oxygen atoms in total. The zero-order valence-corrected chi connectivity index (χ0v) is 9.43. The van der Waals surface area contributed by atoms with E-state index in [2.05, 4.69) is 9.97 Å². The van der Waals surface area contributed by atoms with Gasteiger partial charge in [-0.1, -0.05) is 0 Å². The van der Waals surface area contributed by atoms with Crippen molar-refractivity contribution in [1.29, 1.82) is 0 Å². The SMILES string of the molecule is COc1ncc(C2CCC(C=O)CC2)cn1. The lowest BCUT2D eigenvalue weighted by atomic mass is 9.80. The number of methoxy groups -OCH3 is 1. The van der Waals surface area contributed by atoms with Crippen molar-refractivity contribution < 1.29 is 9.53 Å². The summed E-state index contributed by atoms with van der Waals surface area (Å²) in [5, 5.41) is 0. The third-order valence-electron chi connectivity index (χ3n) is 3.27. The highest BCUT2D eigenvalue weighted by Gasteiger charge is 2.22. The van der Waals surface area contributed by atoms with Crippen LogP contribution in [-0.4, -0.2) is 23.4 Å². The largest absolute Gasteiger partial charge is 0.467 e. The fourth-order valence-corrected chi connectivity index (χ4v) is 2.23. The van der Waals surface area contributed by atoms with Gasteiger partial charge in [0.1, 0.15) is 6.29 Å². The summed E-state index contributed by atoms with van der Waals surface area (Å²) in [7, 11) is 1.56. The molecule has 0 bridgehead atoms. The van der Waals surface area contributed by atoms with Crippen LogP contribution < -0.4 is 4.74 Å². The van der Waals surface area contributed by atoms with Crippen molar-refractivity contribution in [2.24, 2.45) is 5.92 Å². The van der Waals surface area contributed by atoms with Crippen molar-refractivity contribution in [3.8, 4) is 6.01 Å². The highest BCUT2D eigenvalue weighted by Crippen LogP contribution is 2.34. The molecule has 1 aliphatic rings. The smallest absolute Gasteiger partial charge is 0.316 e. The molecule has 0 aliphatic heterocycles. The molecule has 1 heterocycles. The van der Waals surface area contributed by atoms with Gasteiger partial charge in [-0.3, -0.25) is 0 Å². The third-order valence-corrected chi connectivity index (χ3v) is 3.27. The molecule has 86 valence electrons. The Hall–Kier alpha value is -1.45. The molecule has 0 aromatic carbocycles. The Kier molecular flexibility index (Phi) is 3.49.